The molecule has 3 rings (SSSR count). The van der Waals surface area contributed by atoms with Gasteiger partial charge in [-0.1, -0.05) is 12.1 Å². The Balaban J connectivity index is 2.11. The van der Waals surface area contributed by atoms with Crippen molar-refractivity contribution in [1.82, 2.24) is 20.2 Å². The zero-order chi connectivity index (χ0) is 14.8. The molecule has 0 aliphatic rings. The number of halogens is 1. The van der Waals surface area contributed by atoms with E-state index < -0.39 is 5.82 Å². The summed E-state index contributed by atoms with van der Waals surface area (Å²) < 4.78 is 20.1. The Morgan fingerprint density at radius 2 is 2.00 bits per heavy atom. The standard InChI is InChI=1S/C14H12FN5O/c1-21-13-7-6-9(8-11(13)15)20-14(17-18-19-20)10-4-2-3-5-12(10)16/h2-8H,16H2,1H3. The molecule has 2 aromatic carbocycles. The second-order valence-corrected chi connectivity index (χ2v) is 4.32. The molecule has 0 radical (unpaired) electrons. The van der Waals surface area contributed by atoms with Crippen molar-refractivity contribution in [2.24, 2.45) is 0 Å². The second-order valence-electron chi connectivity index (χ2n) is 4.32. The van der Waals surface area contributed by atoms with E-state index in [1.54, 1.807) is 18.2 Å². The third-order valence-electron chi connectivity index (χ3n) is 3.05. The minimum Gasteiger partial charge on any atom is -0.494 e. The van der Waals surface area contributed by atoms with Crippen LogP contribution < -0.4 is 10.5 Å². The summed E-state index contributed by atoms with van der Waals surface area (Å²) in [6.45, 7) is 0. The lowest BCUT2D eigenvalue weighted by Crippen LogP contribution is -2.02. The third-order valence-corrected chi connectivity index (χ3v) is 3.05. The van der Waals surface area contributed by atoms with Crippen LogP contribution in [-0.2, 0) is 0 Å². The van der Waals surface area contributed by atoms with Crippen LogP contribution >= 0.6 is 0 Å². The first-order chi connectivity index (χ1) is 10.2. The molecule has 0 bridgehead atoms. The first kappa shape index (κ1) is 13.0. The minimum absolute atomic E-state index is 0.160. The highest BCUT2D eigenvalue weighted by atomic mass is 19.1. The van der Waals surface area contributed by atoms with Gasteiger partial charge in [-0.3, -0.25) is 0 Å². The number of nitrogen functional groups attached to an aromatic ring is 1. The first-order valence-electron chi connectivity index (χ1n) is 6.18. The van der Waals surface area contributed by atoms with Gasteiger partial charge in [0.05, 0.1) is 12.8 Å². The van der Waals surface area contributed by atoms with E-state index in [0.29, 0.717) is 22.8 Å². The molecule has 3 aromatic rings. The highest BCUT2D eigenvalue weighted by Crippen LogP contribution is 2.26. The zero-order valence-corrected chi connectivity index (χ0v) is 11.2. The van der Waals surface area contributed by atoms with Gasteiger partial charge in [0.1, 0.15) is 0 Å². The molecular weight excluding hydrogens is 273 g/mol. The number of hydrogen-bond donors (Lipinski definition) is 1. The van der Waals surface area contributed by atoms with Crippen molar-refractivity contribution in [3.63, 3.8) is 0 Å². The Morgan fingerprint density at radius 1 is 1.19 bits per heavy atom. The van der Waals surface area contributed by atoms with Crippen LogP contribution in [0.2, 0.25) is 0 Å². The van der Waals surface area contributed by atoms with E-state index in [1.807, 2.05) is 12.1 Å². The Labute approximate surface area is 120 Å². The Bertz CT molecular complexity index is 787. The van der Waals surface area contributed by atoms with Crippen molar-refractivity contribution >= 4 is 5.69 Å². The fourth-order valence-electron chi connectivity index (χ4n) is 2.02. The number of anilines is 1. The number of para-hydroxylation sites is 1. The van der Waals surface area contributed by atoms with Crippen LogP contribution in [0.5, 0.6) is 5.75 Å². The van der Waals surface area contributed by atoms with Crippen LogP contribution in [0.25, 0.3) is 17.1 Å². The van der Waals surface area contributed by atoms with Crippen molar-refractivity contribution in [2.45, 2.75) is 0 Å². The number of ether oxygens (including phenoxy) is 1. The van der Waals surface area contributed by atoms with Gasteiger partial charge in [-0.25, -0.2) is 4.39 Å². The van der Waals surface area contributed by atoms with Crippen molar-refractivity contribution in [3.05, 3.63) is 48.3 Å². The van der Waals surface area contributed by atoms with E-state index in [4.69, 9.17) is 10.5 Å². The maximum absolute atomic E-state index is 13.8. The predicted octanol–water partition coefficient (Wildman–Crippen LogP) is 2.06. The zero-order valence-electron chi connectivity index (χ0n) is 11.2. The molecule has 1 aromatic heterocycles. The molecule has 2 N–H and O–H groups in total. The van der Waals surface area contributed by atoms with Crippen molar-refractivity contribution < 1.29 is 9.13 Å². The smallest absolute Gasteiger partial charge is 0.189 e. The number of nitrogens with two attached hydrogens (primary N) is 1. The van der Waals surface area contributed by atoms with E-state index in [-0.39, 0.29) is 5.75 Å². The molecule has 0 spiro atoms. The Morgan fingerprint density at radius 3 is 2.71 bits per heavy atom. The molecule has 7 heteroatoms. The molecule has 0 atom stereocenters. The van der Waals surface area contributed by atoms with Crippen LogP contribution in [0.3, 0.4) is 0 Å². The molecule has 1 heterocycles. The lowest BCUT2D eigenvalue weighted by atomic mass is 10.1. The fourth-order valence-corrected chi connectivity index (χ4v) is 2.02. The Kier molecular flexibility index (Phi) is 3.23. The van der Waals surface area contributed by atoms with E-state index in [1.165, 1.54) is 23.9 Å². The van der Waals surface area contributed by atoms with Crippen LogP contribution in [0, 0.1) is 5.82 Å². The molecule has 21 heavy (non-hydrogen) atoms. The van der Waals surface area contributed by atoms with Gasteiger partial charge in [0.25, 0.3) is 0 Å². The molecule has 106 valence electrons. The molecule has 0 aliphatic carbocycles. The molecule has 6 nitrogen and oxygen atoms in total. The number of benzene rings is 2. The summed E-state index contributed by atoms with van der Waals surface area (Å²) in [7, 11) is 1.41. The molecule has 0 aliphatic heterocycles. The van der Waals surface area contributed by atoms with E-state index in [2.05, 4.69) is 15.5 Å². The monoisotopic (exact) mass is 285 g/mol. The van der Waals surface area contributed by atoms with Gasteiger partial charge in [0, 0.05) is 17.3 Å². The van der Waals surface area contributed by atoms with Gasteiger partial charge in [0.15, 0.2) is 17.4 Å². The first-order valence-corrected chi connectivity index (χ1v) is 6.18. The van der Waals surface area contributed by atoms with E-state index >= 15 is 0 Å². The summed E-state index contributed by atoms with van der Waals surface area (Å²) in [5.41, 5.74) is 7.64. The summed E-state index contributed by atoms with van der Waals surface area (Å²) >= 11 is 0. The number of tetrazole rings is 1. The molecule has 0 amide bonds. The molecule has 0 fully saturated rings. The topological polar surface area (TPSA) is 78.8 Å². The summed E-state index contributed by atoms with van der Waals surface area (Å²) in [6.07, 6.45) is 0. The largest absolute Gasteiger partial charge is 0.494 e. The highest BCUT2D eigenvalue weighted by molar-refractivity contribution is 5.72. The summed E-state index contributed by atoms with van der Waals surface area (Å²) in [5.74, 6) is 0.114. The molecular formula is C14H12FN5O. The quantitative estimate of drug-likeness (QED) is 0.745. The number of nitrogens with zero attached hydrogens (tertiary/aromatic N) is 4. The number of methoxy groups -OCH3 is 1. The summed E-state index contributed by atoms with van der Waals surface area (Å²) in [4.78, 5) is 0. The van der Waals surface area contributed by atoms with Crippen LogP contribution in [0.4, 0.5) is 10.1 Å². The maximum Gasteiger partial charge on any atom is 0.189 e. The highest BCUT2D eigenvalue weighted by Gasteiger charge is 2.14. The third kappa shape index (κ3) is 2.29. The van der Waals surface area contributed by atoms with Crippen LogP contribution in [0.15, 0.2) is 42.5 Å². The van der Waals surface area contributed by atoms with Gasteiger partial charge in [-0.2, -0.15) is 4.68 Å². The normalized spacial score (nSPS) is 10.6. The van der Waals surface area contributed by atoms with Gasteiger partial charge < -0.3 is 10.5 Å². The van der Waals surface area contributed by atoms with E-state index in [0.717, 1.165) is 0 Å². The van der Waals surface area contributed by atoms with Gasteiger partial charge >= 0.3 is 0 Å². The summed E-state index contributed by atoms with van der Waals surface area (Å²) in [6, 6.07) is 11.7. The lowest BCUT2D eigenvalue weighted by molar-refractivity contribution is 0.386. The van der Waals surface area contributed by atoms with Crippen molar-refractivity contribution in [3.8, 4) is 22.8 Å². The van der Waals surface area contributed by atoms with Crippen LogP contribution in [0.1, 0.15) is 0 Å². The molecule has 0 saturated carbocycles. The molecule has 0 unspecified atom stereocenters. The average Bonchev–Trinajstić information content (AvgIpc) is 2.97. The average molecular weight is 285 g/mol. The van der Waals surface area contributed by atoms with Crippen molar-refractivity contribution in [2.75, 3.05) is 12.8 Å². The Hall–Kier alpha value is -2.96. The SMILES string of the molecule is COc1ccc(-n2nnnc2-c2ccccc2N)cc1F. The number of rotatable bonds is 3. The lowest BCUT2D eigenvalue weighted by Gasteiger charge is -2.08. The number of aromatic nitrogens is 4. The van der Waals surface area contributed by atoms with Crippen LogP contribution in [-0.4, -0.2) is 27.3 Å². The van der Waals surface area contributed by atoms with Gasteiger partial charge in [0.2, 0.25) is 0 Å². The molecule has 0 saturated heterocycles. The number of hydrogen-bond acceptors (Lipinski definition) is 5. The second kappa shape index (κ2) is 5.20. The fraction of sp³-hybridized carbons (Fsp3) is 0.0714. The van der Waals surface area contributed by atoms with E-state index in [9.17, 15) is 4.39 Å². The summed E-state index contributed by atoms with van der Waals surface area (Å²) in [5, 5.41) is 11.5. The van der Waals surface area contributed by atoms with Gasteiger partial charge in [-0.15, -0.1) is 5.10 Å². The van der Waals surface area contributed by atoms with Crippen molar-refractivity contribution in [1.29, 1.82) is 0 Å². The van der Waals surface area contributed by atoms with Gasteiger partial charge in [-0.05, 0) is 34.7 Å². The maximum atomic E-state index is 13.8. The predicted molar refractivity (Wildman–Crippen MR) is 75.5 cm³/mol. The minimum atomic E-state index is -0.488.